The lowest BCUT2D eigenvalue weighted by atomic mass is 10.00. The Hall–Kier alpha value is -2.90. The highest BCUT2D eigenvalue weighted by Gasteiger charge is 2.26. The van der Waals surface area contributed by atoms with E-state index in [1.165, 1.54) is 12.1 Å². The van der Waals surface area contributed by atoms with Crippen LogP contribution >= 0.6 is 11.6 Å². The van der Waals surface area contributed by atoms with Crippen molar-refractivity contribution in [3.63, 3.8) is 0 Å². The van der Waals surface area contributed by atoms with Crippen LogP contribution in [0.3, 0.4) is 0 Å². The fraction of sp³-hybridized carbons (Fsp3) is 0.0455. The smallest absolute Gasteiger partial charge is 0.208 e. The average Bonchev–Trinajstić information content (AvgIpc) is 2.68. The summed E-state index contributed by atoms with van der Waals surface area (Å²) in [6.45, 7) is 1.55. The number of fused-ring (bicyclic) bond motifs is 1. The number of sulfone groups is 1. The predicted octanol–water partition coefficient (Wildman–Crippen LogP) is 6.11. The third kappa shape index (κ3) is 3.55. The van der Waals surface area contributed by atoms with Crippen molar-refractivity contribution in [1.82, 2.24) is 4.98 Å². The zero-order valence-electron chi connectivity index (χ0n) is 15.5. The van der Waals surface area contributed by atoms with Crippen molar-refractivity contribution in [3.8, 4) is 11.1 Å². The van der Waals surface area contributed by atoms with E-state index in [4.69, 9.17) is 11.6 Å². The van der Waals surface area contributed by atoms with Crippen LogP contribution in [-0.4, -0.2) is 13.4 Å². The molecule has 0 amide bonds. The maximum Gasteiger partial charge on any atom is 0.208 e. The van der Waals surface area contributed by atoms with Crippen molar-refractivity contribution >= 4 is 32.3 Å². The average molecular weight is 448 g/mol. The van der Waals surface area contributed by atoms with Crippen molar-refractivity contribution in [2.75, 3.05) is 0 Å². The van der Waals surface area contributed by atoms with Gasteiger partial charge in [0.1, 0.15) is 17.5 Å². The molecule has 4 rings (SSSR count). The van der Waals surface area contributed by atoms with Crippen LogP contribution in [0.1, 0.15) is 5.56 Å². The number of aromatic nitrogens is 1. The van der Waals surface area contributed by atoms with Gasteiger partial charge in [0, 0.05) is 34.3 Å². The molecule has 0 aliphatic heterocycles. The van der Waals surface area contributed by atoms with Gasteiger partial charge < -0.3 is 0 Å². The van der Waals surface area contributed by atoms with E-state index in [0.29, 0.717) is 27.6 Å². The Labute approximate surface area is 175 Å². The Bertz CT molecular complexity index is 1380. The zero-order chi connectivity index (χ0) is 21.6. The zero-order valence-corrected chi connectivity index (χ0v) is 17.0. The highest BCUT2D eigenvalue weighted by Crippen LogP contribution is 2.37. The first kappa shape index (κ1) is 20.4. The summed E-state index contributed by atoms with van der Waals surface area (Å²) in [5, 5.41) is 0.824. The third-order valence-electron chi connectivity index (χ3n) is 4.68. The van der Waals surface area contributed by atoms with Gasteiger partial charge in [-0.3, -0.25) is 4.98 Å². The maximum absolute atomic E-state index is 14.1. The Kier molecular flexibility index (Phi) is 5.03. The lowest BCUT2D eigenvalue weighted by Gasteiger charge is -2.15. The van der Waals surface area contributed by atoms with Crippen LogP contribution in [0.4, 0.5) is 13.2 Å². The summed E-state index contributed by atoms with van der Waals surface area (Å²) in [5.41, 5.74) is 1.26. The highest BCUT2D eigenvalue weighted by atomic mass is 35.5. The summed E-state index contributed by atoms with van der Waals surface area (Å²) < 4.78 is 68.1. The molecule has 1 aromatic heterocycles. The molecule has 0 N–H and O–H groups in total. The first-order valence-electron chi connectivity index (χ1n) is 8.73. The summed E-state index contributed by atoms with van der Waals surface area (Å²) in [6, 6.07) is 11.2. The Morgan fingerprint density at radius 3 is 2.17 bits per heavy atom. The molecule has 3 aromatic carbocycles. The molecule has 0 aliphatic rings. The molecule has 152 valence electrons. The van der Waals surface area contributed by atoms with Gasteiger partial charge in [-0.25, -0.2) is 21.6 Å². The number of rotatable bonds is 3. The van der Waals surface area contributed by atoms with E-state index in [9.17, 15) is 21.6 Å². The fourth-order valence-corrected chi connectivity index (χ4v) is 4.84. The maximum atomic E-state index is 14.1. The number of pyridine rings is 1. The van der Waals surface area contributed by atoms with Crippen molar-refractivity contribution in [1.29, 1.82) is 0 Å². The largest absolute Gasteiger partial charge is 0.255 e. The molecule has 30 heavy (non-hydrogen) atoms. The second-order valence-corrected chi connectivity index (χ2v) is 9.09. The van der Waals surface area contributed by atoms with Crippen molar-refractivity contribution in [3.05, 3.63) is 88.8 Å². The monoisotopic (exact) mass is 447 g/mol. The second-order valence-electron chi connectivity index (χ2n) is 6.73. The second kappa shape index (κ2) is 7.41. The highest BCUT2D eigenvalue weighted by molar-refractivity contribution is 7.91. The van der Waals surface area contributed by atoms with Crippen LogP contribution in [0.25, 0.3) is 22.0 Å². The molecule has 0 fully saturated rings. The van der Waals surface area contributed by atoms with E-state index in [-0.39, 0.29) is 16.0 Å². The van der Waals surface area contributed by atoms with Gasteiger partial charge in [-0.05, 0) is 48.4 Å². The number of halogens is 4. The van der Waals surface area contributed by atoms with E-state index in [0.717, 1.165) is 18.3 Å². The van der Waals surface area contributed by atoms with Crippen molar-refractivity contribution < 1.29 is 21.6 Å². The third-order valence-corrected chi connectivity index (χ3v) is 6.68. The van der Waals surface area contributed by atoms with E-state index in [1.807, 2.05) is 0 Å². The van der Waals surface area contributed by atoms with E-state index in [2.05, 4.69) is 4.98 Å². The summed E-state index contributed by atoms with van der Waals surface area (Å²) in [4.78, 5) is 3.29. The van der Waals surface area contributed by atoms with Gasteiger partial charge in [0.2, 0.25) is 9.84 Å². The van der Waals surface area contributed by atoms with Gasteiger partial charge in [-0.15, -0.1) is 0 Å². The molecule has 0 saturated heterocycles. The van der Waals surface area contributed by atoms with E-state index >= 15 is 0 Å². The molecule has 0 unspecified atom stereocenters. The van der Waals surface area contributed by atoms with Gasteiger partial charge in [-0.2, -0.15) is 0 Å². The summed E-state index contributed by atoms with van der Waals surface area (Å²) in [5.74, 6) is -2.53. The number of aryl methyl sites for hydroxylation is 1. The first-order chi connectivity index (χ1) is 14.2. The topological polar surface area (TPSA) is 47.0 Å². The quantitative estimate of drug-likeness (QED) is 0.380. The van der Waals surface area contributed by atoms with Gasteiger partial charge in [-0.1, -0.05) is 23.7 Å². The standard InChI is InChI=1S/C22H13ClF3NO2S/c1-12-6-18-20(10-19(12)26)27-11-21(22(18)13-2-4-14(23)5-3-13)30(28,29)17-8-15(24)7-16(25)9-17/h2-11H,1H3. The normalized spacial score (nSPS) is 11.8. The molecular weight excluding hydrogens is 435 g/mol. The molecule has 1 heterocycles. The Morgan fingerprint density at radius 1 is 0.900 bits per heavy atom. The minimum atomic E-state index is -4.36. The Balaban J connectivity index is 2.10. The summed E-state index contributed by atoms with van der Waals surface area (Å²) in [6.07, 6.45) is 1.07. The van der Waals surface area contributed by atoms with Crippen LogP contribution in [0.2, 0.25) is 5.02 Å². The molecule has 0 bridgehead atoms. The fourth-order valence-electron chi connectivity index (χ4n) is 3.23. The molecule has 0 atom stereocenters. The predicted molar refractivity (Wildman–Crippen MR) is 109 cm³/mol. The minimum Gasteiger partial charge on any atom is -0.255 e. The minimum absolute atomic E-state index is 0.240. The lowest BCUT2D eigenvalue weighted by molar-refractivity contribution is 0.567. The molecule has 8 heteroatoms. The molecule has 0 spiro atoms. The van der Waals surface area contributed by atoms with Gasteiger partial charge >= 0.3 is 0 Å². The van der Waals surface area contributed by atoms with Crippen LogP contribution < -0.4 is 0 Å². The number of hydrogen-bond donors (Lipinski definition) is 0. The van der Waals surface area contributed by atoms with E-state index < -0.39 is 32.2 Å². The van der Waals surface area contributed by atoms with Crippen LogP contribution in [0, 0.1) is 24.4 Å². The molecule has 4 aromatic rings. The van der Waals surface area contributed by atoms with Crippen LogP contribution in [0.15, 0.2) is 70.6 Å². The molecule has 0 saturated carbocycles. The first-order valence-corrected chi connectivity index (χ1v) is 10.6. The summed E-state index contributed by atoms with van der Waals surface area (Å²) in [7, 11) is -4.36. The molecule has 0 aliphatic carbocycles. The van der Waals surface area contributed by atoms with Gasteiger partial charge in [0.15, 0.2) is 0 Å². The Morgan fingerprint density at radius 2 is 1.53 bits per heavy atom. The van der Waals surface area contributed by atoms with Crippen LogP contribution in [0.5, 0.6) is 0 Å². The molecule has 3 nitrogen and oxygen atoms in total. The number of nitrogens with zero attached hydrogens (tertiary/aromatic N) is 1. The van der Waals surface area contributed by atoms with Gasteiger partial charge in [0.05, 0.1) is 15.3 Å². The van der Waals surface area contributed by atoms with Crippen LogP contribution in [-0.2, 0) is 9.84 Å². The SMILES string of the molecule is Cc1cc2c(-c3ccc(Cl)cc3)c(S(=O)(=O)c3cc(F)cc(F)c3)cnc2cc1F. The number of benzene rings is 3. The molecular formula is C22H13ClF3NO2S. The van der Waals surface area contributed by atoms with Crippen molar-refractivity contribution in [2.24, 2.45) is 0 Å². The number of hydrogen-bond acceptors (Lipinski definition) is 3. The molecule has 0 radical (unpaired) electrons. The summed E-state index contributed by atoms with van der Waals surface area (Å²) >= 11 is 5.96. The van der Waals surface area contributed by atoms with Gasteiger partial charge in [0.25, 0.3) is 0 Å². The lowest BCUT2D eigenvalue weighted by Crippen LogP contribution is -2.07. The van der Waals surface area contributed by atoms with Crippen molar-refractivity contribution in [2.45, 2.75) is 16.7 Å². The van der Waals surface area contributed by atoms with E-state index in [1.54, 1.807) is 31.2 Å².